The standard InChI is InChI=1S/C9H11N3O2S2/c1-16(13,14)9-4-2-8(3-5-9)15-7-6-11-12-10/h2-5H,6-7H2,1H3. The maximum Gasteiger partial charge on any atom is 0.175 e. The van der Waals surface area contributed by atoms with Crippen molar-refractivity contribution in [1.82, 2.24) is 0 Å². The number of rotatable bonds is 5. The van der Waals surface area contributed by atoms with Gasteiger partial charge >= 0.3 is 0 Å². The molecule has 0 aliphatic carbocycles. The molecule has 0 amide bonds. The molecule has 0 saturated heterocycles. The highest BCUT2D eigenvalue weighted by Crippen LogP contribution is 2.19. The van der Waals surface area contributed by atoms with E-state index < -0.39 is 9.84 Å². The van der Waals surface area contributed by atoms with Gasteiger partial charge in [0.25, 0.3) is 0 Å². The molecule has 0 heterocycles. The van der Waals surface area contributed by atoms with Crippen LogP contribution in [0.25, 0.3) is 10.4 Å². The van der Waals surface area contributed by atoms with Gasteiger partial charge in [-0.3, -0.25) is 0 Å². The first-order valence-corrected chi connectivity index (χ1v) is 7.35. The number of hydrogen-bond acceptors (Lipinski definition) is 4. The second-order valence-electron chi connectivity index (χ2n) is 3.05. The average molecular weight is 257 g/mol. The van der Waals surface area contributed by atoms with E-state index in [9.17, 15) is 8.42 Å². The topological polar surface area (TPSA) is 82.9 Å². The van der Waals surface area contributed by atoms with Gasteiger partial charge < -0.3 is 0 Å². The Morgan fingerprint density at radius 2 is 2.00 bits per heavy atom. The summed E-state index contributed by atoms with van der Waals surface area (Å²) in [6.45, 7) is 0.426. The van der Waals surface area contributed by atoms with E-state index in [4.69, 9.17) is 5.53 Å². The molecule has 7 heteroatoms. The molecular formula is C9H11N3O2S2. The van der Waals surface area contributed by atoms with Crippen LogP contribution in [-0.4, -0.2) is 27.0 Å². The van der Waals surface area contributed by atoms with Crippen molar-refractivity contribution in [1.29, 1.82) is 0 Å². The summed E-state index contributed by atoms with van der Waals surface area (Å²) >= 11 is 1.52. The van der Waals surface area contributed by atoms with E-state index in [1.807, 2.05) is 0 Å². The molecule has 0 spiro atoms. The molecular weight excluding hydrogens is 246 g/mol. The Kier molecular flexibility index (Phi) is 4.67. The number of thioether (sulfide) groups is 1. The van der Waals surface area contributed by atoms with Crippen LogP contribution >= 0.6 is 11.8 Å². The summed E-state index contributed by atoms with van der Waals surface area (Å²) in [6, 6.07) is 6.64. The summed E-state index contributed by atoms with van der Waals surface area (Å²) in [4.78, 5) is 3.92. The molecule has 5 nitrogen and oxygen atoms in total. The van der Waals surface area contributed by atoms with Crippen molar-refractivity contribution >= 4 is 21.6 Å². The van der Waals surface area contributed by atoms with Crippen LogP contribution in [0.5, 0.6) is 0 Å². The fourth-order valence-corrected chi connectivity index (χ4v) is 2.40. The predicted octanol–water partition coefficient (Wildman–Crippen LogP) is 2.49. The van der Waals surface area contributed by atoms with E-state index in [0.29, 0.717) is 17.2 Å². The van der Waals surface area contributed by atoms with Crippen molar-refractivity contribution in [2.75, 3.05) is 18.6 Å². The van der Waals surface area contributed by atoms with Gasteiger partial charge in [0.2, 0.25) is 0 Å². The Morgan fingerprint density at radius 3 is 2.50 bits per heavy atom. The number of benzene rings is 1. The highest BCUT2D eigenvalue weighted by Gasteiger charge is 2.05. The lowest BCUT2D eigenvalue weighted by molar-refractivity contribution is 0.602. The molecule has 0 atom stereocenters. The molecule has 0 aliphatic rings. The largest absolute Gasteiger partial charge is 0.224 e. The fourth-order valence-electron chi connectivity index (χ4n) is 1.03. The Labute approximate surface area is 98.4 Å². The van der Waals surface area contributed by atoms with E-state index in [1.165, 1.54) is 18.0 Å². The minimum atomic E-state index is -3.12. The van der Waals surface area contributed by atoms with Crippen LogP contribution in [0.2, 0.25) is 0 Å². The van der Waals surface area contributed by atoms with Crippen molar-refractivity contribution < 1.29 is 8.42 Å². The second-order valence-corrected chi connectivity index (χ2v) is 6.23. The third kappa shape index (κ3) is 4.14. The average Bonchev–Trinajstić information content (AvgIpc) is 2.24. The molecule has 1 aromatic carbocycles. The van der Waals surface area contributed by atoms with Crippen LogP contribution in [-0.2, 0) is 9.84 Å². The Balaban J connectivity index is 2.62. The van der Waals surface area contributed by atoms with Crippen molar-refractivity contribution in [2.24, 2.45) is 5.11 Å². The van der Waals surface area contributed by atoms with Crippen molar-refractivity contribution in [3.63, 3.8) is 0 Å². The summed E-state index contributed by atoms with van der Waals surface area (Å²) in [5.41, 5.74) is 8.07. The fraction of sp³-hybridized carbons (Fsp3) is 0.333. The summed E-state index contributed by atoms with van der Waals surface area (Å²) < 4.78 is 22.4. The second kappa shape index (κ2) is 5.79. The van der Waals surface area contributed by atoms with Gasteiger partial charge in [0.05, 0.1) is 4.90 Å². The van der Waals surface area contributed by atoms with E-state index in [1.54, 1.807) is 24.3 Å². The lowest BCUT2D eigenvalue weighted by Crippen LogP contribution is -1.96. The van der Waals surface area contributed by atoms with E-state index in [2.05, 4.69) is 10.0 Å². The lowest BCUT2D eigenvalue weighted by atomic mass is 10.4. The quantitative estimate of drug-likeness (QED) is 0.267. The van der Waals surface area contributed by atoms with E-state index in [0.717, 1.165) is 4.90 Å². The zero-order chi connectivity index (χ0) is 12.0. The van der Waals surface area contributed by atoms with Gasteiger partial charge in [0.1, 0.15) is 0 Å². The maximum atomic E-state index is 11.2. The predicted molar refractivity (Wildman–Crippen MR) is 64.3 cm³/mol. The highest BCUT2D eigenvalue weighted by atomic mass is 32.2. The van der Waals surface area contributed by atoms with Gasteiger partial charge in [-0.1, -0.05) is 5.11 Å². The normalized spacial score (nSPS) is 10.8. The SMILES string of the molecule is CS(=O)(=O)c1ccc(SCCN=[N+]=[N-])cc1. The smallest absolute Gasteiger partial charge is 0.175 e. The van der Waals surface area contributed by atoms with Gasteiger partial charge in [-0.2, -0.15) is 0 Å². The lowest BCUT2D eigenvalue weighted by Gasteiger charge is -2.01. The Bertz CT molecular complexity index is 490. The molecule has 16 heavy (non-hydrogen) atoms. The summed E-state index contributed by atoms with van der Waals surface area (Å²) in [5.74, 6) is 0.683. The zero-order valence-corrected chi connectivity index (χ0v) is 10.3. The molecule has 0 saturated carbocycles. The zero-order valence-electron chi connectivity index (χ0n) is 8.70. The third-order valence-corrected chi connectivity index (χ3v) is 3.90. The maximum absolute atomic E-state index is 11.2. The van der Waals surface area contributed by atoms with Gasteiger partial charge in [0, 0.05) is 28.4 Å². The summed E-state index contributed by atoms with van der Waals surface area (Å²) in [7, 11) is -3.12. The monoisotopic (exact) mass is 257 g/mol. The van der Waals surface area contributed by atoms with Crippen LogP contribution in [0.15, 0.2) is 39.2 Å². The van der Waals surface area contributed by atoms with Gasteiger partial charge in [-0.05, 0) is 29.8 Å². The first-order valence-electron chi connectivity index (χ1n) is 4.48. The van der Waals surface area contributed by atoms with Crippen LogP contribution in [0.1, 0.15) is 0 Å². The molecule has 0 aromatic heterocycles. The number of azide groups is 1. The minimum Gasteiger partial charge on any atom is -0.224 e. The Hall–Kier alpha value is -1.17. The van der Waals surface area contributed by atoms with Crippen LogP contribution in [0.4, 0.5) is 0 Å². The minimum absolute atomic E-state index is 0.312. The third-order valence-electron chi connectivity index (χ3n) is 1.78. The van der Waals surface area contributed by atoms with Crippen LogP contribution < -0.4 is 0 Å². The first-order chi connectivity index (χ1) is 7.54. The molecule has 0 unspecified atom stereocenters. The number of hydrogen-bond donors (Lipinski definition) is 0. The first kappa shape index (κ1) is 12.9. The van der Waals surface area contributed by atoms with Gasteiger partial charge in [-0.15, -0.1) is 11.8 Å². The number of sulfone groups is 1. The Morgan fingerprint density at radius 1 is 1.38 bits per heavy atom. The van der Waals surface area contributed by atoms with Gasteiger partial charge in [-0.25, -0.2) is 8.42 Å². The summed E-state index contributed by atoms with van der Waals surface area (Å²) in [5, 5.41) is 3.41. The number of nitrogens with zero attached hydrogens (tertiary/aromatic N) is 3. The molecule has 86 valence electrons. The molecule has 0 radical (unpaired) electrons. The van der Waals surface area contributed by atoms with Crippen LogP contribution in [0.3, 0.4) is 0 Å². The highest BCUT2D eigenvalue weighted by molar-refractivity contribution is 7.99. The van der Waals surface area contributed by atoms with Crippen LogP contribution in [0, 0.1) is 0 Å². The molecule has 1 aromatic rings. The van der Waals surface area contributed by atoms with Gasteiger partial charge in [0.15, 0.2) is 9.84 Å². The van der Waals surface area contributed by atoms with Crippen molar-refractivity contribution in [3.05, 3.63) is 34.7 Å². The molecule has 0 aliphatic heterocycles. The molecule has 1 rings (SSSR count). The van der Waals surface area contributed by atoms with E-state index in [-0.39, 0.29) is 0 Å². The molecule has 0 bridgehead atoms. The summed E-state index contributed by atoms with van der Waals surface area (Å²) in [6.07, 6.45) is 1.18. The van der Waals surface area contributed by atoms with E-state index >= 15 is 0 Å². The molecule has 0 N–H and O–H groups in total. The van der Waals surface area contributed by atoms with Crippen molar-refractivity contribution in [2.45, 2.75) is 9.79 Å². The van der Waals surface area contributed by atoms with Crippen molar-refractivity contribution in [3.8, 4) is 0 Å². The molecule has 0 fully saturated rings.